The lowest BCUT2D eigenvalue weighted by molar-refractivity contribution is -0.125. The van der Waals surface area contributed by atoms with E-state index in [1.54, 1.807) is 7.05 Å². The molecule has 0 heterocycles. The summed E-state index contributed by atoms with van der Waals surface area (Å²) < 4.78 is 0. The van der Waals surface area contributed by atoms with Crippen LogP contribution < -0.4 is 5.32 Å². The molecule has 1 unspecified atom stereocenters. The Hall–Kier alpha value is -0.530. The Bertz CT molecular complexity index is 121. The zero-order valence-corrected chi connectivity index (χ0v) is 7.98. The number of hydrogen-bond acceptors (Lipinski definition) is 1. The van der Waals surface area contributed by atoms with Crippen molar-refractivity contribution >= 4 is 5.91 Å². The largest absolute Gasteiger partial charge is 0.359 e. The molecule has 11 heavy (non-hydrogen) atoms. The lowest BCUT2D eigenvalue weighted by atomic mass is 9.94. The third-order valence-corrected chi connectivity index (χ3v) is 1.87. The van der Waals surface area contributed by atoms with Crippen LogP contribution >= 0.6 is 0 Å². The van der Waals surface area contributed by atoms with E-state index >= 15 is 0 Å². The van der Waals surface area contributed by atoms with E-state index in [9.17, 15) is 4.79 Å². The van der Waals surface area contributed by atoms with Gasteiger partial charge in [0, 0.05) is 13.0 Å². The Balaban J connectivity index is 3.84. The van der Waals surface area contributed by atoms with Crippen molar-refractivity contribution < 1.29 is 4.79 Å². The van der Waals surface area contributed by atoms with Gasteiger partial charge in [0.15, 0.2) is 0 Å². The van der Waals surface area contributed by atoms with E-state index in [1.165, 1.54) is 0 Å². The van der Waals surface area contributed by atoms with Crippen molar-refractivity contribution in [1.82, 2.24) is 5.32 Å². The summed E-state index contributed by atoms with van der Waals surface area (Å²) >= 11 is 0. The molecule has 0 aliphatic rings. The van der Waals surface area contributed by atoms with Crippen molar-refractivity contribution in [3.05, 3.63) is 0 Å². The fourth-order valence-electron chi connectivity index (χ4n) is 1.23. The van der Waals surface area contributed by atoms with Gasteiger partial charge in [-0.3, -0.25) is 4.79 Å². The summed E-state index contributed by atoms with van der Waals surface area (Å²) in [7, 11) is 1.70. The van der Waals surface area contributed by atoms with Gasteiger partial charge in [0.2, 0.25) is 5.91 Å². The van der Waals surface area contributed by atoms with Crippen molar-refractivity contribution in [3.63, 3.8) is 0 Å². The Morgan fingerprint density at radius 2 is 2.00 bits per heavy atom. The second-order valence-electron chi connectivity index (χ2n) is 3.35. The smallest absolute Gasteiger partial charge is 0.222 e. The summed E-state index contributed by atoms with van der Waals surface area (Å²) in [5, 5.41) is 2.68. The average Bonchev–Trinajstić information content (AvgIpc) is 1.98. The monoisotopic (exact) mass is 157 g/mol. The molecule has 0 rings (SSSR count). The van der Waals surface area contributed by atoms with Gasteiger partial charge in [0.25, 0.3) is 0 Å². The van der Waals surface area contributed by atoms with Crippen molar-refractivity contribution in [3.8, 4) is 0 Å². The first-order chi connectivity index (χ1) is 5.11. The molecule has 2 heteroatoms. The van der Waals surface area contributed by atoms with Crippen molar-refractivity contribution in [1.29, 1.82) is 0 Å². The maximum Gasteiger partial charge on any atom is 0.222 e. The minimum atomic E-state index is 0.182. The Morgan fingerprint density at radius 3 is 2.27 bits per heavy atom. The second kappa shape index (κ2) is 5.16. The second-order valence-corrected chi connectivity index (χ2v) is 3.35. The van der Waals surface area contributed by atoms with E-state index in [1.807, 2.05) is 0 Å². The number of nitrogens with one attached hydrogen (secondary N) is 1. The summed E-state index contributed by atoms with van der Waals surface area (Å²) in [5.74, 6) is 0.999. The molecule has 0 bridgehead atoms. The summed E-state index contributed by atoms with van der Waals surface area (Å²) in [6.07, 6.45) is 1.94. The maximum atomic E-state index is 11.2. The van der Waals surface area contributed by atoms with Crippen LogP contribution in [0.2, 0.25) is 0 Å². The molecule has 0 aromatic carbocycles. The quantitative estimate of drug-likeness (QED) is 0.662. The van der Waals surface area contributed by atoms with E-state index in [-0.39, 0.29) is 11.8 Å². The molecule has 1 N–H and O–H groups in total. The summed E-state index contributed by atoms with van der Waals surface area (Å²) in [4.78, 5) is 11.2. The zero-order chi connectivity index (χ0) is 8.85. The number of amides is 1. The lowest BCUT2D eigenvalue weighted by Gasteiger charge is -2.14. The number of carbonyl (C=O) groups is 1. The maximum absolute atomic E-state index is 11.2. The molecule has 0 fully saturated rings. The SMILES string of the molecule is CCC(CC(C)C)C(=O)NC. The van der Waals surface area contributed by atoms with Crippen LogP contribution in [0.15, 0.2) is 0 Å². The standard InChI is InChI=1S/C9H19NO/c1-5-8(6-7(2)3)9(11)10-4/h7-8H,5-6H2,1-4H3,(H,10,11). The number of hydrogen-bond donors (Lipinski definition) is 1. The van der Waals surface area contributed by atoms with Crippen LogP contribution in [0.1, 0.15) is 33.6 Å². The topological polar surface area (TPSA) is 29.1 Å². The summed E-state index contributed by atoms with van der Waals surface area (Å²) in [5.41, 5.74) is 0. The predicted molar refractivity (Wildman–Crippen MR) is 47.3 cm³/mol. The molecule has 0 aliphatic carbocycles. The Morgan fingerprint density at radius 1 is 1.45 bits per heavy atom. The first-order valence-corrected chi connectivity index (χ1v) is 4.33. The average molecular weight is 157 g/mol. The van der Waals surface area contributed by atoms with Crippen LogP contribution in [0.3, 0.4) is 0 Å². The third kappa shape index (κ3) is 4.02. The number of rotatable bonds is 4. The molecule has 0 spiro atoms. The molecule has 0 aliphatic heterocycles. The highest BCUT2D eigenvalue weighted by atomic mass is 16.1. The molecule has 0 saturated heterocycles. The fraction of sp³-hybridized carbons (Fsp3) is 0.889. The van der Waals surface area contributed by atoms with Gasteiger partial charge in [0.1, 0.15) is 0 Å². The van der Waals surface area contributed by atoms with Crippen LogP contribution in [-0.4, -0.2) is 13.0 Å². The van der Waals surface area contributed by atoms with Gasteiger partial charge in [-0.05, 0) is 18.8 Å². The van der Waals surface area contributed by atoms with Gasteiger partial charge in [-0.2, -0.15) is 0 Å². The lowest BCUT2D eigenvalue weighted by Crippen LogP contribution is -2.27. The molecule has 0 radical (unpaired) electrons. The Labute approximate surface area is 69.4 Å². The molecule has 0 aromatic heterocycles. The Kier molecular flexibility index (Phi) is 4.92. The fourth-order valence-corrected chi connectivity index (χ4v) is 1.23. The zero-order valence-electron chi connectivity index (χ0n) is 7.98. The van der Waals surface area contributed by atoms with E-state index in [0.717, 1.165) is 12.8 Å². The van der Waals surface area contributed by atoms with Crippen LogP contribution in [0.4, 0.5) is 0 Å². The molecule has 0 saturated carbocycles. The molecular formula is C9H19NO. The van der Waals surface area contributed by atoms with Crippen molar-refractivity contribution in [2.75, 3.05) is 7.05 Å². The summed E-state index contributed by atoms with van der Waals surface area (Å²) in [6.45, 7) is 6.35. The van der Waals surface area contributed by atoms with E-state index in [2.05, 4.69) is 26.1 Å². The highest BCUT2D eigenvalue weighted by Crippen LogP contribution is 2.14. The number of carbonyl (C=O) groups excluding carboxylic acids is 1. The van der Waals surface area contributed by atoms with Gasteiger partial charge in [-0.25, -0.2) is 0 Å². The van der Waals surface area contributed by atoms with Crippen molar-refractivity contribution in [2.45, 2.75) is 33.6 Å². The van der Waals surface area contributed by atoms with Crippen LogP contribution in [0.5, 0.6) is 0 Å². The molecule has 2 nitrogen and oxygen atoms in total. The van der Waals surface area contributed by atoms with Gasteiger partial charge >= 0.3 is 0 Å². The molecular weight excluding hydrogens is 138 g/mol. The molecule has 66 valence electrons. The minimum Gasteiger partial charge on any atom is -0.359 e. The summed E-state index contributed by atoms with van der Waals surface area (Å²) in [6, 6.07) is 0. The van der Waals surface area contributed by atoms with Gasteiger partial charge in [-0.15, -0.1) is 0 Å². The van der Waals surface area contributed by atoms with E-state index < -0.39 is 0 Å². The molecule has 1 amide bonds. The highest BCUT2D eigenvalue weighted by Gasteiger charge is 2.15. The van der Waals surface area contributed by atoms with E-state index in [4.69, 9.17) is 0 Å². The first kappa shape index (κ1) is 10.5. The van der Waals surface area contributed by atoms with E-state index in [0.29, 0.717) is 5.92 Å². The molecule has 1 atom stereocenters. The van der Waals surface area contributed by atoms with Crippen LogP contribution in [0.25, 0.3) is 0 Å². The van der Waals surface area contributed by atoms with Gasteiger partial charge in [-0.1, -0.05) is 20.8 Å². The van der Waals surface area contributed by atoms with Crippen LogP contribution in [0, 0.1) is 11.8 Å². The van der Waals surface area contributed by atoms with Crippen molar-refractivity contribution in [2.24, 2.45) is 11.8 Å². The minimum absolute atomic E-state index is 0.182. The highest BCUT2D eigenvalue weighted by molar-refractivity contribution is 5.78. The van der Waals surface area contributed by atoms with Gasteiger partial charge in [0.05, 0.1) is 0 Å². The van der Waals surface area contributed by atoms with Gasteiger partial charge < -0.3 is 5.32 Å². The first-order valence-electron chi connectivity index (χ1n) is 4.33. The predicted octanol–water partition coefficient (Wildman–Crippen LogP) is 1.80. The molecule has 0 aromatic rings. The normalized spacial score (nSPS) is 13.2. The van der Waals surface area contributed by atoms with Crippen LogP contribution in [-0.2, 0) is 4.79 Å². The third-order valence-electron chi connectivity index (χ3n) is 1.87.